The van der Waals surface area contributed by atoms with Gasteiger partial charge in [-0.05, 0) is 37.3 Å². The van der Waals surface area contributed by atoms with E-state index in [2.05, 4.69) is 17.9 Å². The van der Waals surface area contributed by atoms with Gasteiger partial charge in [-0.2, -0.15) is 0 Å². The third-order valence-electron chi connectivity index (χ3n) is 5.01. The molecule has 29 heavy (non-hydrogen) atoms. The molecule has 154 valence electrons. The zero-order valence-electron chi connectivity index (χ0n) is 17.4. The number of carbonyl (C=O) groups is 1. The zero-order chi connectivity index (χ0) is 20.8. The largest absolute Gasteiger partial charge is 0.497 e. The summed E-state index contributed by atoms with van der Waals surface area (Å²) in [5, 5.41) is 0. The molecule has 0 radical (unpaired) electrons. The molecule has 0 unspecified atom stereocenters. The fourth-order valence-electron chi connectivity index (χ4n) is 3.41. The number of carbonyl (C=O) groups excluding carboxylic acids is 1. The third kappa shape index (κ3) is 4.83. The van der Waals surface area contributed by atoms with E-state index in [-0.39, 0.29) is 12.0 Å². The minimum atomic E-state index is -0.0895. The summed E-state index contributed by atoms with van der Waals surface area (Å²) in [5.74, 6) is 2.14. The average Bonchev–Trinajstić information content (AvgIpc) is 2.76. The van der Waals surface area contributed by atoms with Crippen molar-refractivity contribution in [2.75, 3.05) is 45.8 Å². The molecule has 1 aliphatic rings. The minimum absolute atomic E-state index is 0.0808. The van der Waals surface area contributed by atoms with E-state index in [0.29, 0.717) is 18.0 Å². The van der Waals surface area contributed by atoms with Crippen LogP contribution >= 0.6 is 0 Å². The van der Waals surface area contributed by atoms with E-state index in [1.54, 1.807) is 44.4 Å². The Labute approximate surface area is 172 Å². The summed E-state index contributed by atoms with van der Waals surface area (Å²) in [5.41, 5.74) is 1.92. The first-order valence-electron chi connectivity index (χ1n) is 9.71. The van der Waals surface area contributed by atoms with Crippen LogP contribution in [0, 0.1) is 0 Å². The molecular weight excluding hydrogens is 368 g/mol. The molecule has 0 saturated carbocycles. The summed E-state index contributed by atoms with van der Waals surface area (Å²) in [6, 6.07) is 13.5. The predicted molar refractivity (Wildman–Crippen MR) is 115 cm³/mol. The van der Waals surface area contributed by atoms with Gasteiger partial charge >= 0.3 is 0 Å². The number of rotatable bonds is 7. The fraction of sp³-hybridized carbons (Fsp3) is 0.348. The molecule has 0 aliphatic carbocycles. The minimum Gasteiger partial charge on any atom is -0.497 e. The van der Waals surface area contributed by atoms with Crippen LogP contribution in [0.25, 0.3) is 6.08 Å². The molecule has 0 bridgehead atoms. The maximum absolute atomic E-state index is 12.6. The van der Waals surface area contributed by atoms with E-state index in [0.717, 1.165) is 30.1 Å². The Balaban J connectivity index is 1.65. The van der Waals surface area contributed by atoms with Crippen molar-refractivity contribution in [2.24, 2.45) is 0 Å². The Morgan fingerprint density at radius 1 is 1.24 bits per heavy atom. The van der Waals surface area contributed by atoms with Crippen LogP contribution in [-0.2, 0) is 4.79 Å². The van der Waals surface area contributed by atoms with Crippen LogP contribution in [0.4, 0.5) is 5.69 Å². The topological polar surface area (TPSA) is 51.2 Å². The van der Waals surface area contributed by atoms with Crippen LogP contribution in [0.2, 0.25) is 0 Å². The van der Waals surface area contributed by atoms with Crippen molar-refractivity contribution in [3.8, 4) is 17.2 Å². The number of benzene rings is 2. The number of fused-ring (bicyclic) bond motifs is 1. The highest BCUT2D eigenvalue weighted by Crippen LogP contribution is 2.33. The molecule has 1 aliphatic heterocycles. The first-order valence-corrected chi connectivity index (χ1v) is 9.71. The average molecular weight is 396 g/mol. The van der Waals surface area contributed by atoms with Crippen molar-refractivity contribution in [2.45, 2.75) is 13.0 Å². The monoisotopic (exact) mass is 396 g/mol. The third-order valence-corrected chi connectivity index (χ3v) is 5.01. The molecule has 6 heteroatoms. The van der Waals surface area contributed by atoms with Crippen LogP contribution in [-0.4, -0.2) is 57.8 Å². The normalized spacial score (nSPS) is 15.6. The molecule has 3 rings (SSSR count). The summed E-state index contributed by atoms with van der Waals surface area (Å²) in [7, 11) is 4.99. The van der Waals surface area contributed by atoms with Crippen molar-refractivity contribution in [3.05, 3.63) is 54.1 Å². The van der Waals surface area contributed by atoms with Gasteiger partial charge in [0.05, 0.1) is 33.0 Å². The second-order valence-electron chi connectivity index (χ2n) is 6.91. The molecule has 2 aromatic rings. The van der Waals surface area contributed by atoms with E-state index in [1.165, 1.54) is 0 Å². The van der Waals surface area contributed by atoms with Gasteiger partial charge in [0, 0.05) is 31.3 Å². The van der Waals surface area contributed by atoms with Crippen LogP contribution in [0.15, 0.2) is 48.5 Å². The molecule has 2 aromatic carbocycles. The lowest BCUT2D eigenvalue weighted by Gasteiger charge is -2.37. The van der Waals surface area contributed by atoms with Gasteiger partial charge in [-0.15, -0.1) is 0 Å². The van der Waals surface area contributed by atoms with Gasteiger partial charge in [0.1, 0.15) is 23.4 Å². The van der Waals surface area contributed by atoms with E-state index >= 15 is 0 Å². The van der Waals surface area contributed by atoms with E-state index < -0.39 is 0 Å². The smallest absolute Gasteiger partial charge is 0.246 e. The van der Waals surface area contributed by atoms with E-state index in [1.807, 2.05) is 30.3 Å². The maximum atomic E-state index is 12.6. The predicted octanol–water partition coefficient (Wildman–Crippen LogP) is 3.46. The number of likely N-dealkylation sites (N-methyl/N-ethyl adjacent to an activating group) is 2. The highest BCUT2D eigenvalue weighted by molar-refractivity contribution is 5.92. The van der Waals surface area contributed by atoms with Gasteiger partial charge in [0.2, 0.25) is 5.91 Å². The number of hydrogen-bond donors (Lipinski definition) is 0. The number of ether oxygens (including phenoxy) is 3. The molecule has 0 spiro atoms. The summed E-state index contributed by atoms with van der Waals surface area (Å²) < 4.78 is 16.7. The molecule has 0 saturated heterocycles. The molecule has 0 fully saturated rings. The lowest BCUT2D eigenvalue weighted by molar-refractivity contribution is -0.125. The summed E-state index contributed by atoms with van der Waals surface area (Å²) in [4.78, 5) is 16.6. The lowest BCUT2D eigenvalue weighted by Crippen LogP contribution is -2.46. The molecule has 1 heterocycles. The van der Waals surface area contributed by atoms with Gasteiger partial charge in [-0.25, -0.2) is 0 Å². The number of methoxy groups -OCH3 is 2. The number of anilines is 1. The van der Waals surface area contributed by atoms with Gasteiger partial charge in [0.25, 0.3) is 0 Å². The quantitative estimate of drug-likeness (QED) is 0.671. The van der Waals surface area contributed by atoms with Crippen LogP contribution in [0.5, 0.6) is 17.2 Å². The van der Waals surface area contributed by atoms with E-state index in [9.17, 15) is 4.79 Å². The molecule has 0 N–H and O–H groups in total. The molecular formula is C23H28N2O4. The molecule has 1 atom stereocenters. The SMILES string of the molecule is CCN1C[C@H](CN(C)C(=O)/C=C/c2ccc(OC)cc2OC)Oc2ccccc21. The van der Waals surface area contributed by atoms with Crippen molar-refractivity contribution in [1.82, 2.24) is 4.90 Å². The summed E-state index contributed by atoms with van der Waals surface area (Å²) in [6.45, 7) is 4.28. The number of hydrogen-bond acceptors (Lipinski definition) is 5. The van der Waals surface area contributed by atoms with Crippen LogP contribution in [0.1, 0.15) is 12.5 Å². The molecule has 6 nitrogen and oxygen atoms in total. The van der Waals surface area contributed by atoms with Crippen molar-refractivity contribution in [3.63, 3.8) is 0 Å². The van der Waals surface area contributed by atoms with Crippen LogP contribution in [0.3, 0.4) is 0 Å². The Morgan fingerprint density at radius 2 is 2.03 bits per heavy atom. The first kappa shape index (κ1) is 20.6. The van der Waals surface area contributed by atoms with Gasteiger partial charge in [-0.3, -0.25) is 4.79 Å². The fourth-order valence-corrected chi connectivity index (χ4v) is 3.41. The number of amides is 1. The number of para-hydroxylation sites is 2. The van der Waals surface area contributed by atoms with Crippen LogP contribution < -0.4 is 19.1 Å². The maximum Gasteiger partial charge on any atom is 0.246 e. The van der Waals surface area contributed by atoms with Crippen molar-refractivity contribution >= 4 is 17.7 Å². The number of nitrogens with zero attached hydrogens (tertiary/aromatic N) is 2. The highest BCUT2D eigenvalue weighted by atomic mass is 16.5. The van der Waals surface area contributed by atoms with Gasteiger partial charge in [0.15, 0.2) is 0 Å². The Morgan fingerprint density at radius 3 is 2.76 bits per heavy atom. The second-order valence-corrected chi connectivity index (χ2v) is 6.91. The second kappa shape index (κ2) is 9.37. The first-order chi connectivity index (χ1) is 14.0. The lowest BCUT2D eigenvalue weighted by atomic mass is 10.1. The standard InChI is InChI=1S/C23H28N2O4/c1-5-25-16-19(29-21-9-7-6-8-20(21)25)15-24(2)23(26)13-11-17-10-12-18(27-3)14-22(17)28-4/h6-14,19H,5,15-16H2,1-4H3/b13-11+/t19-/m0/s1. The highest BCUT2D eigenvalue weighted by Gasteiger charge is 2.26. The Bertz CT molecular complexity index is 881. The molecule has 0 aromatic heterocycles. The van der Waals surface area contributed by atoms with Gasteiger partial charge < -0.3 is 24.0 Å². The van der Waals surface area contributed by atoms with Crippen molar-refractivity contribution < 1.29 is 19.0 Å². The molecule has 1 amide bonds. The van der Waals surface area contributed by atoms with Gasteiger partial charge in [-0.1, -0.05) is 12.1 Å². The summed E-state index contributed by atoms with van der Waals surface area (Å²) in [6.07, 6.45) is 3.23. The Hall–Kier alpha value is -3.15. The zero-order valence-corrected chi connectivity index (χ0v) is 17.4. The van der Waals surface area contributed by atoms with E-state index in [4.69, 9.17) is 14.2 Å². The van der Waals surface area contributed by atoms with Crippen molar-refractivity contribution in [1.29, 1.82) is 0 Å². The summed E-state index contributed by atoms with van der Waals surface area (Å²) >= 11 is 0. The Kier molecular flexibility index (Phi) is 6.65.